The summed E-state index contributed by atoms with van der Waals surface area (Å²) in [7, 11) is 0. The number of nitrogens with two attached hydrogens (primary N) is 1. The number of halogens is 3. The van der Waals surface area contributed by atoms with Gasteiger partial charge in [0.05, 0.1) is 18.6 Å². The molecular formula is C7H10F3N3O. The quantitative estimate of drug-likeness (QED) is 0.800. The summed E-state index contributed by atoms with van der Waals surface area (Å²) in [6.07, 6.45) is -1.57. The number of hydrogen-bond acceptors (Lipinski definition) is 3. The fourth-order valence-corrected chi connectivity index (χ4v) is 0.901. The minimum Gasteiger partial charge on any atom is -0.335 e. The second-order valence-corrected chi connectivity index (χ2v) is 2.60. The van der Waals surface area contributed by atoms with Gasteiger partial charge in [0.15, 0.2) is 0 Å². The molecule has 0 spiro atoms. The van der Waals surface area contributed by atoms with E-state index in [-0.39, 0.29) is 13.1 Å². The maximum atomic E-state index is 11.6. The van der Waals surface area contributed by atoms with Gasteiger partial charge in [0.1, 0.15) is 0 Å². The molecule has 0 unspecified atom stereocenters. The molecule has 2 N–H and O–H groups in total. The Hall–Kier alpha value is -1.08. The molecular weight excluding hydrogens is 199 g/mol. The molecule has 7 heteroatoms. The maximum Gasteiger partial charge on any atom is 0.522 e. The van der Waals surface area contributed by atoms with E-state index >= 15 is 0 Å². The van der Waals surface area contributed by atoms with Crippen LogP contribution < -0.4 is 5.73 Å². The lowest BCUT2D eigenvalue weighted by atomic mass is 10.5. The second kappa shape index (κ2) is 4.43. The van der Waals surface area contributed by atoms with Gasteiger partial charge in [-0.1, -0.05) is 0 Å². The largest absolute Gasteiger partial charge is 0.522 e. The fraction of sp³-hybridized carbons (Fsp3) is 0.571. The van der Waals surface area contributed by atoms with Crippen molar-refractivity contribution in [2.24, 2.45) is 5.73 Å². The van der Waals surface area contributed by atoms with Crippen LogP contribution in [-0.2, 0) is 17.8 Å². The van der Waals surface area contributed by atoms with Gasteiger partial charge in [-0.2, -0.15) is 0 Å². The second-order valence-electron chi connectivity index (χ2n) is 2.60. The van der Waals surface area contributed by atoms with Crippen molar-refractivity contribution in [1.82, 2.24) is 9.55 Å². The first-order chi connectivity index (χ1) is 6.51. The number of alkyl halides is 3. The normalized spacial score (nSPS) is 12.0. The summed E-state index contributed by atoms with van der Waals surface area (Å²) < 4.78 is 39.8. The van der Waals surface area contributed by atoms with Crippen molar-refractivity contribution >= 4 is 0 Å². The third-order valence-corrected chi connectivity index (χ3v) is 1.51. The van der Waals surface area contributed by atoms with Crippen molar-refractivity contribution in [2.75, 3.05) is 6.61 Å². The summed E-state index contributed by atoms with van der Waals surface area (Å²) in [6.45, 7) is -0.0521. The van der Waals surface area contributed by atoms with Crippen molar-refractivity contribution in [3.63, 3.8) is 0 Å². The molecule has 0 saturated carbocycles. The Morgan fingerprint density at radius 2 is 2.21 bits per heavy atom. The van der Waals surface area contributed by atoms with Gasteiger partial charge in [-0.3, -0.25) is 4.74 Å². The molecule has 0 bridgehead atoms. The molecule has 1 aromatic heterocycles. The highest BCUT2D eigenvalue weighted by molar-refractivity contribution is 4.95. The van der Waals surface area contributed by atoms with E-state index < -0.39 is 13.0 Å². The van der Waals surface area contributed by atoms with Crippen LogP contribution in [0, 0.1) is 0 Å². The van der Waals surface area contributed by atoms with Crippen molar-refractivity contribution < 1.29 is 17.9 Å². The number of hydrogen-bond donors (Lipinski definition) is 1. The van der Waals surface area contributed by atoms with Crippen molar-refractivity contribution in [3.05, 3.63) is 18.2 Å². The lowest BCUT2D eigenvalue weighted by molar-refractivity contribution is -0.325. The SMILES string of the molecule is NCc1cn(CCOC(F)(F)F)cn1. The zero-order valence-corrected chi connectivity index (χ0v) is 7.29. The average Bonchev–Trinajstić information content (AvgIpc) is 2.50. The van der Waals surface area contributed by atoms with Gasteiger partial charge in [-0.15, -0.1) is 13.2 Å². The molecule has 0 aliphatic carbocycles. The van der Waals surface area contributed by atoms with Crippen LogP contribution in [0.2, 0.25) is 0 Å². The van der Waals surface area contributed by atoms with E-state index in [1.807, 2.05) is 0 Å². The lowest BCUT2D eigenvalue weighted by Crippen LogP contribution is -2.16. The summed E-state index contributed by atoms with van der Waals surface area (Å²) in [5.74, 6) is 0. The Kier molecular flexibility index (Phi) is 3.48. The van der Waals surface area contributed by atoms with Crippen LogP contribution in [-0.4, -0.2) is 22.5 Å². The molecule has 0 amide bonds. The lowest BCUT2D eigenvalue weighted by Gasteiger charge is -2.06. The minimum absolute atomic E-state index is 0.104. The van der Waals surface area contributed by atoms with E-state index in [1.165, 1.54) is 10.9 Å². The van der Waals surface area contributed by atoms with Gasteiger partial charge >= 0.3 is 6.36 Å². The monoisotopic (exact) mass is 209 g/mol. The molecule has 1 heterocycles. The Balaban J connectivity index is 2.31. The highest BCUT2D eigenvalue weighted by atomic mass is 19.4. The van der Waals surface area contributed by atoms with E-state index in [4.69, 9.17) is 5.73 Å². The molecule has 0 atom stereocenters. The van der Waals surface area contributed by atoms with E-state index in [1.54, 1.807) is 6.20 Å². The molecule has 4 nitrogen and oxygen atoms in total. The number of imidazole rings is 1. The van der Waals surface area contributed by atoms with Crippen molar-refractivity contribution in [2.45, 2.75) is 19.5 Å². The van der Waals surface area contributed by atoms with Crippen LogP contribution in [0.3, 0.4) is 0 Å². The van der Waals surface area contributed by atoms with Gasteiger partial charge in [-0.25, -0.2) is 4.98 Å². The Morgan fingerprint density at radius 3 is 2.71 bits per heavy atom. The van der Waals surface area contributed by atoms with E-state index in [0.29, 0.717) is 5.69 Å². The number of ether oxygens (including phenoxy) is 1. The first-order valence-corrected chi connectivity index (χ1v) is 3.92. The summed E-state index contributed by atoms with van der Waals surface area (Å²) in [5.41, 5.74) is 5.91. The van der Waals surface area contributed by atoms with Crippen LogP contribution in [0.4, 0.5) is 13.2 Å². The van der Waals surface area contributed by atoms with Crippen LogP contribution in [0.25, 0.3) is 0 Å². The summed E-state index contributed by atoms with van der Waals surface area (Å²) >= 11 is 0. The van der Waals surface area contributed by atoms with Gasteiger partial charge < -0.3 is 10.3 Å². The summed E-state index contributed by atoms with van der Waals surface area (Å²) in [5, 5.41) is 0. The molecule has 80 valence electrons. The zero-order chi connectivity index (χ0) is 10.6. The topological polar surface area (TPSA) is 53.1 Å². The smallest absolute Gasteiger partial charge is 0.335 e. The van der Waals surface area contributed by atoms with Gasteiger partial charge in [0.2, 0.25) is 0 Å². The molecule has 14 heavy (non-hydrogen) atoms. The zero-order valence-electron chi connectivity index (χ0n) is 7.29. The third kappa shape index (κ3) is 3.75. The van der Waals surface area contributed by atoms with E-state index in [0.717, 1.165) is 0 Å². The van der Waals surface area contributed by atoms with E-state index in [2.05, 4.69) is 9.72 Å². The average molecular weight is 209 g/mol. The highest BCUT2D eigenvalue weighted by Gasteiger charge is 2.28. The van der Waals surface area contributed by atoms with Gasteiger partial charge in [0.25, 0.3) is 0 Å². The minimum atomic E-state index is -4.57. The molecule has 0 fully saturated rings. The predicted octanol–water partition coefficient (Wildman–Crippen LogP) is 0.878. The Morgan fingerprint density at radius 1 is 1.50 bits per heavy atom. The van der Waals surface area contributed by atoms with Gasteiger partial charge in [0, 0.05) is 19.3 Å². The molecule has 0 aromatic carbocycles. The highest BCUT2D eigenvalue weighted by Crippen LogP contribution is 2.15. The molecule has 0 aliphatic rings. The Bertz CT molecular complexity index is 284. The summed E-state index contributed by atoms with van der Waals surface area (Å²) in [4.78, 5) is 3.85. The van der Waals surface area contributed by atoms with Gasteiger partial charge in [-0.05, 0) is 0 Å². The number of rotatable bonds is 4. The first-order valence-electron chi connectivity index (χ1n) is 3.92. The van der Waals surface area contributed by atoms with E-state index in [9.17, 15) is 13.2 Å². The van der Waals surface area contributed by atoms with Crippen LogP contribution in [0.15, 0.2) is 12.5 Å². The fourth-order valence-electron chi connectivity index (χ4n) is 0.901. The summed E-state index contributed by atoms with van der Waals surface area (Å²) in [6, 6.07) is 0. The first kappa shape index (κ1) is 11.0. The van der Waals surface area contributed by atoms with Crippen LogP contribution in [0.5, 0.6) is 0 Å². The van der Waals surface area contributed by atoms with Crippen LogP contribution in [0.1, 0.15) is 5.69 Å². The molecule has 0 radical (unpaired) electrons. The number of nitrogens with zero attached hydrogens (tertiary/aromatic N) is 2. The molecule has 0 aliphatic heterocycles. The predicted molar refractivity (Wildman–Crippen MR) is 42.1 cm³/mol. The van der Waals surface area contributed by atoms with Crippen molar-refractivity contribution in [1.29, 1.82) is 0 Å². The maximum absolute atomic E-state index is 11.6. The standard InChI is InChI=1S/C7H10F3N3O/c8-7(9,10)14-2-1-13-4-6(3-11)12-5-13/h4-5H,1-3,11H2. The molecule has 1 rings (SSSR count). The third-order valence-electron chi connectivity index (χ3n) is 1.51. The Labute approximate surface area is 78.5 Å². The van der Waals surface area contributed by atoms with Crippen molar-refractivity contribution in [3.8, 4) is 0 Å². The number of aromatic nitrogens is 2. The van der Waals surface area contributed by atoms with Crippen LogP contribution >= 0.6 is 0 Å². The molecule has 1 aromatic rings. The molecule has 0 saturated heterocycles.